The fourth-order valence-corrected chi connectivity index (χ4v) is 3.12. The number of unbranched alkanes of at least 4 members (excludes halogenated alkanes) is 3. The zero-order valence-corrected chi connectivity index (χ0v) is 12.5. The molecule has 0 spiro atoms. The van der Waals surface area contributed by atoms with Crippen LogP contribution >= 0.6 is 11.3 Å². The average Bonchev–Trinajstić information content (AvgIpc) is 2.81. The van der Waals surface area contributed by atoms with E-state index in [1.165, 1.54) is 9.75 Å². The van der Waals surface area contributed by atoms with E-state index in [1.807, 2.05) is 0 Å². The van der Waals surface area contributed by atoms with Crippen molar-refractivity contribution in [2.45, 2.75) is 57.8 Å². The average molecular weight is 298 g/mol. The Labute approximate surface area is 123 Å². The summed E-state index contributed by atoms with van der Waals surface area (Å²) in [7, 11) is 0. The van der Waals surface area contributed by atoms with E-state index in [4.69, 9.17) is 10.2 Å². The Morgan fingerprint density at radius 2 is 1.25 bits per heavy atom. The van der Waals surface area contributed by atoms with E-state index >= 15 is 0 Å². The molecule has 112 valence electrons. The Bertz CT molecular complexity index is 425. The van der Waals surface area contributed by atoms with E-state index in [-0.39, 0.29) is 12.8 Å². The minimum absolute atomic E-state index is 0.252. The van der Waals surface area contributed by atoms with Gasteiger partial charge >= 0.3 is 11.9 Å². The molecule has 5 heteroatoms. The van der Waals surface area contributed by atoms with E-state index < -0.39 is 11.9 Å². The molecule has 0 bridgehead atoms. The number of rotatable bonds is 11. The fraction of sp³-hybridized carbons (Fsp3) is 0.600. The summed E-state index contributed by atoms with van der Waals surface area (Å²) in [5.74, 6) is -1.44. The number of carboxylic acids is 2. The highest BCUT2D eigenvalue weighted by molar-refractivity contribution is 7.11. The fourth-order valence-electron chi connectivity index (χ4n) is 2.02. The highest BCUT2D eigenvalue weighted by Crippen LogP contribution is 2.21. The molecule has 1 aromatic heterocycles. The van der Waals surface area contributed by atoms with Crippen LogP contribution in [0.25, 0.3) is 0 Å². The zero-order chi connectivity index (χ0) is 14.8. The number of carbonyl (C=O) groups is 2. The molecule has 0 aliphatic rings. The molecule has 0 amide bonds. The van der Waals surface area contributed by atoms with Crippen molar-refractivity contribution in [3.63, 3.8) is 0 Å². The van der Waals surface area contributed by atoms with Crippen molar-refractivity contribution in [1.82, 2.24) is 0 Å². The molecule has 0 saturated carbocycles. The molecular weight excluding hydrogens is 276 g/mol. The summed E-state index contributed by atoms with van der Waals surface area (Å²) < 4.78 is 0. The zero-order valence-electron chi connectivity index (χ0n) is 11.6. The van der Waals surface area contributed by atoms with Gasteiger partial charge in [0.25, 0.3) is 0 Å². The molecule has 0 aromatic carbocycles. The second kappa shape index (κ2) is 9.53. The molecule has 0 saturated heterocycles. The lowest BCUT2D eigenvalue weighted by Crippen LogP contribution is -1.94. The van der Waals surface area contributed by atoms with Crippen molar-refractivity contribution in [3.05, 3.63) is 21.9 Å². The van der Waals surface area contributed by atoms with E-state index in [9.17, 15) is 9.59 Å². The van der Waals surface area contributed by atoms with E-state index in [1.54, 1.807) is 11.3 Å². The molecule has 0 radical (unpaired) electrons. The van der Waals surface area contributed by atoms with Crippen molar-refractivity contribution in [2.24, 2.45) is 0 Å². The Kier molecular flexibility index (Phi) is 7.95. The monoisotopic (exact) mass is 298 g/mol. The molecule has 4 nitrogen and oxygen atoms in total. The number of hydrogen-bond acceptors (Lipinski definition) is 3. The van der Waals surface area contributed by atoms with Gasteiger partial charge in [-0.1, -0.05) is 6.42 Å². The number of carboxylic acid groups (broad SMARTS) is 2. The maximum atomic E-state index is 10.4. The summed E-state index contributed by atoms with van der Waals surface area (Å²) in [6.45, 7) is 0. The molecule has 0 unspecified atom stereocenters. The van der Waals surface area contributed by atoms with Crippen LogP contribution in [0, 0.1) is 0 Å². The van der Waals surface area contributed by atoms with Gasteiger partial charge in [0.1, 0.15) is 0 Å². The van der Waals surface area contributed by atoms with Crippen LogP contribution in [0.3, 0.4) is 0 Å². The van der Waals surface area contributed by atoms with Crippen molar-refractivity contribution < 1.29 is 19.8 Å². The van der Waals surface area contributed by atoms with Gasteiger partial charge in [0.05, 0.1) is 0 Å². The quantitative estimate of drug-likeness (QED) is 0.610. The minimum atomic E-state index is -0.724. The molecule has 2 N–H and O–H groups in total. The lowest BCUT2D eigenvalue weighted by Gasteiger charge is -1.98. The van der Waals surface area contributed by atoms with Crippen LogP contribution in [0.2, 0.25) is 0 Å². The maximum Gasteiger partial charge on any atom is 0.303 e. The first-order valence-electron chi connectivity index (χ1n) is 7.09. The summed E-state index contributed by atoms with van der Waals surface area (Å²) in [4.78, 5) is 23.4. The minimum Gasteiger partial charge on any atom is -0.481 e. The van der Waals surface area contributed by atoms with E-state index in [0.717, 1.165) is 44.9 Å². The molecule has 1 rings (SSSR count). The number of aliphatic carboxylic acids is 2. The lowest BCUT2D eigenvalue weighted by molar-refractivity contribution is -0.138. The number of thiophene rings is 1. The predicted octanol–water partition coefficient (Wildman–Crippen LogP) is 3.73. The van der Waals surface area contributed by atoms with Crippen molar-refractivity contribution in [2.75, 3.05) is 0 Å². The topological polar surface area (TPSA) is 74.6 Å². The summed E-state index contributed by atoms with van der Waals surface area (Å²) in [6, 6.07) is 4.26. The van der Waals surface area contributed by atoms with Gasteiger partial charge in [-0.05, 0) is 50.7 Å². The maximum absolute atomic E-state index is 10.4. The van der Waals surface area contributed by atoms with Crippen LogP contribution in [0.5, 0.6) is 0 Å². The Morgan fingerprint density at radius 3 is 1.75 bits per heavy atom. The third-order valence-electron chi connectivity index (χ3n) is 3.09. The Morgan fingerprint density at radius 1 is 0.800 bits per heavy atom. The van der Waals surface area contributed by atoms with Gasteiger partial charge in [0.15, 0.2) is 0 Å². The van der Waals surface area contributed by atoms with Crippen molar-refractivity contribution >= 4 is 23.3 Å². The third kappa shape index (κ3) is 7.94. The SMILES string of the molecule is O=C(O)CCCCCc1ccc(CCCCC(=O)O)s1. The van der Waals surface area contributed by atoms with Crippen molar-refractivity contribution in [1.29, 1.82) is 0 Å². The summed E-state index contributed by atoms with van der Waals surface area (Å²) >= 11 is 1.79. The second-order valence-electron chi connectivity index (χ2n) is 4.92. The highest BCUT2D eigenvalue weighted by Gasteiger charge is 2.03. The molecule has 0 atom stereocenters. The Hall–Kier alpha value is -1.36. The normalized spacial score (nSPS) is 10.6. The van der Waals surface area contributed by atoms with Gasteiger partial charge in [0.2, 0.25) is 0 Å². The molecule has 20 heavy (non-hydrogen) atoms. The molecule has 1 heterocycles. The summed E-state index contributed by atoms with van der Waals surface area (Å²) in [6.07, 6.45) is 6.88. The van der Waals surface area contributed by atoms with E-state index in [0.29, 0.717) is 0 Å². The molecule has 1 aromatic rings. The van der Waals surface area contributed by atoms with Gasteiger partial charge in [-0.3, -0.25) is 9.59 Å². The lowest BCUT2D eigenvalue weighted by atomic mass is 10.1. The third-order valence-corrected chi connectivity index (χ3v) is 4.30. The largest absolute Gasteiger partial charge is 0.481 e. The number of hydrogen-bond donors (Lipinski definition) is 2. The van der Waals surface area contributed by atoms with Crippen LogP contribution in [-0.4, -0.2) is 22.2 Å². The summed E-state index contributed by atoms with van der Waals surface area (Å²) in [5, 5.41) is 17.1. The second-order valence-corrected chi connectivity index (χ2v) is 6.18. The first-order chi connectivity index (χ1) is 9.58. The molecule has 0 aliphatic heterocycles. The van der Waals surface area contributed by atoms with Gasteiger partial charge in [-0.2, -0.15) is 0 Å². The van der Waals surface area contributed by atoms with Crippen LogP contribution in [0.1, 0.15) is 54.7 Å². The molecule has 0 aliphatic carbocycles. The predicted molar refractivity (Wildman–Crippen MR) is 79.3 cm³/mol. The van der Waals surface area contributed by atoms with Crippen LogP contribution < -0.4 is 0 Å². The van der Waals surface area contributed by atoms with Crippen molar-refractivity contribution in [3.8, 4) is 0 Å². The van der Waals surface area contributed by atoms with Gasteiger partial charge in [-0.15, -0.1) is 11.3 Å². The Balaban J connectivity index is 2.12. The van der Waals surface area contributed by atoms with E-state index in [2.05, 4.69) is 12.1 Å². The summed E-state index contributed by atoms with van der Waals surface area (Å²) in [5.41, 5.74) is 0. The van der Waals surface area contributed by atoms with Crippen LogP contribution in [-0.2, 0) is 22.4 Å². The first-order valence-corrected chi connectivity index (χ1v) is 7.91. The van der Waals surface area contributed by atoms with Gasteiger partial charge in [0, 0.05) is 22.6 Å². The smallest absolute Gasteiger partial charge is 0.303 e. The molecular formula is C15H22O4S. The number of aryl methyl sites for hydroxylation is 2. The highest BCUT2D eigenvalue weighted by atomic mass is 32.1. The molecule has 0 fully saturated rings. The first kappa shape index (κ1) is 16.7. The van der Waals surface area contributed by atoms with Gasteiger partial charge in [-0.25, -0.2) is 0 Å². The standard InChI is InChI=1S/C15H22O4S/c16-14(17)8-3-1-2-6-12-10-11-13(20-12)7-4-5-9-15(18)19/h10-11H,1-9H2,(H,16,17)(H,18,19). The van der Waals surface area contributed by atoms with Gasteiger partial charge < -0.3 is 10.2 Å². The van der Waals surface area contributed by atoms with Crippen LogP contribution in [0.15, 0.2) is 12.1 Å². The van der Waals surface area contributed by atoms with Crippen LogP contribution in [0.4, 0.5) is 0 Å².